The van der Waals surface area contributed by atoms with Gasteiger partial charge in [-0.05, 0) is 37.8 Å². The summed E-state index contributed by atoms with van der Waals surface area (Å²) < 4.78 is 46.6. The van der Waals surface area contributed by atoms with E-state index in [4.69, 9.17) is 33.6 Å². The zero-order valence-electron chi connectivity index (χ0n) is 17.7. The Bertz CT molecular complexity index is 1050. The minimum absolute atomic E-state index is 0.0273. The highest BCUT2D eigenvalue weighted by molar-refractivity contribution is 7.48. The molecule has 11 nitrogen and oxygen atoms in total. The van der Waals surface area contributed by atoms with Crippen molar-refractivity contribution in [3.8, 4) is 0 Å². The average molecular weight is 450 g/mol. The fraction of sp³-hybridized carbons (Fsp3) is 0.688. The average Bonchev–Trinajstić information content (AvgIpc) is 3.21. The summed E-state index contributed by atoms with van der Waals surface area (Å²) in [4.78, 5) is 12.1. The lowest BCUT2D eigenvalue weighted by molar-refractivity contribution is -0.0315. The fourth-order valence-corrected chi connectivity index (χ4v) is 5.28. The van der Waals surface area contributed by atoms with E-state index in [-0.39, 0.29) is 41.9 Å². The summed E-state index contributed by atoms with van der Waals surface area (Å²) in [6, 6.07) is -0.803. The van der Waals surface area contributed by atoms with Crippen molar-refractivity contribution < 1.29 is 31.1 Å². The largest absolute Gasteiger partial charge is 0.474 e. The van der Waals surface area contributed by atoms with Gasteiger partial charge in [0.2, 0.25) is 5.28 Å². The van der Waals surface area contributed by atoms with Crippen LogP contribution in [0.1, 0.15) is 29.1 Å². The first-order valence-electron chi connectivity index (χ1n) is 10.1. The molecule has 0 amide bonds. The molecule has 0 saturated heterocycles. The number of fused-ring (bicyclic) bond motifs is 2. The highest BCUT2D eigenvalue weighted by Gasteiger charge is 2.72. The molecule has 2 aromatic heterocycles. The number of hydrogen-bond donors (Lipinski definition) is 3. The number of nitrogens with zero attached hydrogens (tertiary/aromatic N) is 4. The minimum atomic E-state index is -4.23. The van der Waals surface area contributed by atoms with Gasteiger partial charge in [0.15, 0.2) is 11.5 Å². The molecule has 0 spiro atoms. The molecule has 160 valence electrons. The normalized spacial score (nSPS) is 32.9. The Morgan fingerprint density at radius 2 is 2.07 bits per heavy atom. The van der Waals surface area contributed by atoms with Gasteiger partial charge in [-0.2, -0.15) is 9.97 Å². The summed E-state index contributed by atoms with van der Waals surface area (Å²) in [5, 5.41) is 21.5. The van der Waals surface area contributed by atoms with Gasteiger partial charge in [-0.15, -0.1) is 0 Å². The molecule has 29 heavy (non-hydrogen) atoms. The van der Waals surface area contributed by atoms with Gasteiger partial charge in [0.05, 0.1) is 41.0 Å². The zero-order chi connectivity index (χ0) is 22.8. The molecule has 4 rings (SSSR count). The number of aromatic nitrogens is 4. The molecule has 0 aromatic carbocycles. The smallest absolute Gasteiger partial charge is 0.390 e. The second-order valence-corrected chi connectivity index (χ2v) is 8.89. The van der Waals surface area contributed by atoms with Crippen LogP contribution < -0.4 is 5.73 Å². The Labute approximate surface area is 174 Å². The summed E-state index contributed by atoms with van der Waals surface area (Å²) in [6.07, 6.45) is -1.39. The molecule has 5 atom stereocenters. The van der Waals surface area contributed by atoms with Crippen LogP contribution in [0.5, 0.6) is 0 Å². The van der Waals surface area contributed by atoms with E-state index in [1.54, 1.807) is 13.8 Å². The number of aliphatic hydroxyl groups excluding tert-OH is 2. The van der Waals surface area contributed by atoms with Crippen molar-refractivity contribution in [2.45, 2.75) is 38.5 Å². The van der Waals surface area contributed by atoms with Crippen LogP contribution in [0.3, 0.4) is 0 Å². The summed E-state index contributed by atoms with van der Waals surface area (Å²) in [7, 11) is -4.23. The van der Waals surface area contributed by atoms with E-state index in [0.717, 1.165) is 0 Å². The number of nitrogen functional groups attached to an aromatic ring is 1. The molecule has 2 fully saturated rings. The third-order valence-corrected chi connectivity index (χ3v) is 6.97. The standard InChI is InChI=1S/C16H23ClN5O6P/c1-3-26-29(25,27-4-2)28-6-16-5-8(16)10(11(23)12(16)24)22-7-19-9-13(18)20-15(17)21-14(9)22/h7-8,10-12,23-24H,3-6H2,1-2H3,(H2,18,20,21)/t8-,10-,11+,12+,16?/m1/s1/i6D2. The number of phosphoric ester groups is 1. The van der Waals surface area contributed by atoms with Crippen molar-refractivity contribution >= 4 is 36.4 Å². The highest BCUT2D eigenvalue weighted by atomic mass is 35.5. The third kappa shape index (κ3) is 3.34. The monoisotopic (exact) mass is 449 g/mol. The minimum Gasteiger partial charge on any atom is -0.390 e. The van der Waals surface area contributed by atoms with Crippen molar-refractivity contribution in [2.75, 3.05) is 25.5 Å². The van der Waals surface area contributed by atoms with Crippen molar-refractivity contribution in [3.63, 3.8) is 0 Å². The molecular weight excluding hydrogens is 425 g/mol. The van der Waals surface area contributed by atoms with Gasteiger partial charge in [-0.25, -0.2) is 9.55 Å². The molecule has 2 saturated carbocycles. The molecule has 0 aliphatic heterocycles. The van der Waals surface area contributed by atoms with Crippen LogP contribution in [-0.4, -0.2) is 61.7 Å². The Kier molecular flexibility index (Phi) is 4.72. The predicted molar refractivity (Wildman–Crippen MR) is 103 cm³/mol. The van der Waals surface area contributed by atoms with Crippen molar-refractivity contribution in [2.24, 2.45) is 11.3 Å². The van der Waals surface area contributed by atoms with Crippen molar-refractivity contribution in [1.29, 1.82) is 0 Å². The summed E-state index contributed by atoms with van der Waals surface area (Å²) in [5.41, 5.74) is 4.80. The van der Waals surface area contributed by atoms with Crippen LogP contribution in [0.25, 0.3) is 11.2 Å². The van der Waals surface area contributed by atoms with Crippen LogP contribution in [0.4, 0.5) is 5.82 Å². The topological polar surface area (TPSA) is 155 Å². The maximum atomic E-state index is 12.8. The number of imidazole rings is 1. The van der Waals surface area contributed by atoms with E-state index in [1.807, 2.05) is 0 Å². The quantitative estimate of drug-likeness (QED) is 0.399. The summed E-state index contributed by atoms with van der Waals surface area (Å²) >= 11 is 5.91. The first-order chi connectivity index (χ1) is 14.5. The molecule has 2 aliphatic carbocycles. The lowest BCUT2D eigenvalue weighted by Gasteiger charge is -2.25. The number of phosphoric acid groups is 1. The van der Waals surface area contributed by atoms with Crippen LogP contribution in [0.2, 0.25) is 5.28 Å². The first kappa shape index (κ1) is 18.4. The van der Waals surface area contributed by atoms with Gasteiger partial charge in [0.1, 0.15) is 11.6 Å². The molecule has 2 heterocycles. The second kappa shape index (κ2) is 7.42. The molecule has 13 heteroatoms. The summed E-state index contributed by atoms with van der Waals surface area (Å²) in [5.74, 6) is -0.534. The van der Waals surface area contributed by atoms with Crippen LogP contribution >= 0.6 is 19.4 Å². The number of halogens is 1. The first-order valence-corrected chi connectivity index (χ1v) is 11.0. The highest BCUT2D eigenvalue weighted by Crippen LogP contribution is 2.69. The lowest BCUT2D eigenvalue weighted by atomic mass is 10.0. The lowest BCUT2D eigenvalue weighted by Crippen LogP contribution is -2.36. The SMILES string of the molecule is [2H]C([2H])(OP(=O)(OCC)OCC)C12C[C@@H]1[C@@H](n1cnc3c(N)nc(Cl)nc31)[C@H](O)[C@@H]2O. The zero-order valence-corrected chi connectivity index (χ0v) is 17.4. The summed E-state index contributed by atoms with van der Waals surface area (Å²) in [6.45, 7) is 0.446. The van der Waals surface area contributed by atoms with Gasteiger partial charge >= 0.3 is 7.82 Å². The second-order valence-electron chi connectivity index (χ2n) is 6.96. The van der Waals surface area contributed by atoms with E-state index >= 15 is 0 Å². The molecule has 0 radical (unpaired) electrons. The molecule has 1 unspecified atom stereocenters. The van der Waals surface area contributed by atoms with Crippen molar-refractivity contribution in [1.82, 2.24) is 19.5 Å². The Morgan fingerprint density at radius 3 is 2.72 bits per heavy atom. The van der Waals surface area contributed by atoms with Gasteiger partial charge < -0.3 is 20.5 Å². The number of aliphatic hydroxyl groups is 2. The predicted octanol–water partition coefficient (Wildman–Crippen LogP) is 1.54. The van der Waals surface area contributed by atoms with Crippen LogP contribution in [0, 0.1) is 11.3 Å². The maximum Gasteiger partial charge on any atom is 0.474 e. The fourth-order valence-electron chi connectivity index (χ4n) is 4.01. The van der Waals surface area contributed by atoms with Gasteiger partial charge in [-0.3, -0.25) is 13.6 Å². The molecule has 2 aliphatic rings. The van der Waals surface area contributed by atoms with Crippen LogP contribution in [0.15, 0.2) is 6.33 Å². The van der Waals surface area contributed by atoms with Crippen molar-refractivity contribution in [3.05, 3.63) is 11.6 Å². The Balaban J connectivity index is 1.70. The number of anilines is 1. The maximum absolute atomic E-state index is 12.8. The molecular formula is C16H23ClN5O6P. The number of rotatable bonds is 8. The van der Waals surface area contributed by atoms with Gasteiger partial charge in [-0.1, -0.05) is 0 Å². The number of hydrogen-bond acceptors (Lipinski definition) is 10. The van der Waals surface area contributed by atoms with E-state index in [2.05, 4.69) is 15.0 Å². The molecule has 4 N–H and O–H groups in total. The number of nitrogens with two attached hydrogens (primary N) is 1. The van der Waals surface area contributed by atoms with Gasteiger partial charge in [0, 0.05) is 5.41 Å². The molecule has 2 aromatic rings. The van der Waals surface area contributed by atoms with E-state index in [0.29, 0.717) is 0 Å². The Morgan fingerprint density at radius 1 is 1.38 bits per heavy atom. The van der Waals surface area contributed by atoms with E-state index in [9.17, 15) is 14.8 Å². The van der Waals surface area contributed by atoms with E-state index < -0.39 is 44.0 Å². The van der Waals surface area contributed by atoms with Gasteiger partial charge in [0.25, 0.3) is 0 Å². The van der Waals surface area contributed by atoms with E-state index in [1.165, 1.54) is 10.9 Å². The Hall–Kier alpha value is -1.33. The third-order valence-electron chi connectivity index (χ3n) is 5.34. The van der Waals surface area contributed by atoms with Crippen LogP contribution in [-0.2, 0) is 18.1 Å². The molecule has 0 bridgehead atoms.